The number of carbonyl (C=O) groups is 3. The molecule has 7 heteroatoms. The van der Waals surface area contributed by atoms with Crippen LogP contribution in [-0.2, 0) is 0 Å². The molecule has 0 radical (unpaired) electrons. The molecular formula is C20H20N4O3. The smallest absolute Gasteiger partial charge is 0.274 e. The van der Waals surface area contributed by atoms with Gasteiger partial charge in [0.25, 0.3) is 11.8 Å². The van der Waals surface area contributed by atoms with Crippen LogP contribution in [0.2, 0.25) is 0 Å². The van der Waals surface area contributed by atoms with Crippen LogP contribution in [0.15, 0.2) is 36.7 Å². The Morgan fingerprint density at radius 3 is 2.52 bits per heavy atom. The van der Waals surface area contributed by atoms with Crippen molar-refractivity contribution in [3.8, 4) is 0 Å². The number of likely N-dealkylation sites (N-methyl/N-ethyl adjacent to an activating group) is 1. The van der Waals surface area contributed by atoms with Gasteiger partial charge < -0.3 is 9.80 Å². The maximum absolute atomic E-state index is 13.3. The van der Waals surface area contributed by atoms with Gasteiger partial charge in [0, 0.05) is 31.9 Å². The van der Waals surface area contributed by atoms with E-state index < -0.39 is 11.5 Å². The molecule has 0 aliphatic carbocycles. The van der Waals surface area contributed by atoms with E-state index in [1.807, 2.05) is 6.92 Å². The molecule has 7 nitrogen and oxygen atoms in total. The molecule has 2 amide bonds. The predicted molar refractivity (Wildman–Crippen MR) is 97.4 cm³/mol. The molecule has 0 unspecified atom stereocenters. The third-order valence-electron chi connectivity index (χ3n) is 5.64. The molecule has 2 atom stereocenters. The van der Waals surface area contributed by atoms with Gasteiger partial charge in [0.1, 0.15) is 5.69 Å². The van der Waals surface area contributed by atoms with E-state index in [1.54, 1.807) is 54.2 Å². The average molecular weight is 364 g/mol. The largest absolute Gasteiger partial charge is 0.336 e. The average Bonchev–Trinajstić information content (AvgIpc) is 3.02. The molecule has 2 aliphatic rings. The number of nitrogens with zero attached hydrogens (tertiary/aromatic N) is 4. The van der Waals surface area contributed by atoms with Crippen LogP contribution in [-0.4, -0.2) is 63.5 Å². The number of Topliss-reactive ketones (excluding diaryl/α,β-unsaturated/α-hetero) is 1. The number of aryl methyl sites for hydroxylation is 1. The maximum atomic E-state index is 13.3. The molecule has 3 heterocycles. The molecule has 4 rings (SSSR count). The van der Waals surface area contributed by atoms with E-state index in [0.717, 1.165) is 5.69 Å². The van der Waals surface area contributed by atoms with Crippen LogP contribution in [0.25, 0.3) is 0 Å². The van der Waals surface area contributed by atoms with Gasteiger partial charge in [-0.3, -0.25) is 19.4 Å². The van der Waals surface area contributed by atoms with Crippen molar-refractivity contribution >= 4 is 17.6 Å². The number of carbonyl (C=O) groups excluding carboxylic acids is 3. The Bertz CT molecular complexity index is 956. The number of aromatic nitrogens is 2. The molecule has 0 N–H and O–H groups in total. The molecular weight excluding hydrogens is 344 g/mol. The lowest BCUT2D eigenvalue weighted by Crippen LogP contribution is -2.48. The fourth-order valence-corrected chi connectivity index (χ4v) is 4.08. The Kier molecular flexibility index (Phi) is 3.83. The van der Waals surface area contributed by atoms with Gasteiger partial charge in [-0.25, -0.2) is 4.98 Å². The Morgan fingerprint density at radius 1 is 1.15 bits per heavy atom. The molecule has 1 aromatic heterocycles. The van der Waals surface area contributed by atoms with Crippen LogP contribution < -0.4 is 0 Å². The van der Waals surface area contributed by atoms with Crippen molar-refractivity contribution in [1.82, 2.24) is 19.8 Å². The van der Waals surface area contributed by atoms with E-state index in [2.05, 4.69) is 9.97 Å². The van der Waals surface area contributed by atoms with E-state index >= 15 is 0 Å². The monoisotopic (exact) mass is 364 g/mol. The highest BCUT2D eigenvalue weighted by Gasteiger charge is 2.55. The molecule has 1 saturated heterocycles. The predicted octanol–water partition coefficient (Wildman–Crippen LogP) is 1.58. The number of hydrogen-bond acceptors (Lipinski definition) is 5. The SMILES string of the molecule is Cc1cnc(C(=O)N2C[C@H]3N(C)C(=O)c4ccccc4C(=O)[C@@]3(C)C2)cn1. The van der Waals surface area contributed by atoms with Crippen LogP contribution in [0, 0.1) is 12.3 Å². The van der Waals surface area contributed by atoms with Crippen molar-refractivity contribution < 1.29 is 14.4 Å². The second kappa shape index (κ2) is 5.97. The highest BCUT2D eigenvalue weighted by atomic mass is 16.2. The van der Waals surface area contributed by atoms with E-state index in [0.29, 0.717) is 11.1 Å². The van der Waals surface area contributed by atoms with Crippen molar-refractivity contribution in [3.63, 3.8) is 0 Å². The number of likely N-dealkylation sites (tertiary alicyclic amines) is 1. The van der Waals surface area contributed by atoms with E-state index in [9.17, 15) is 14.4 Å². The standard InChI is InChI=1S/C20H20N4O3/c1-12-8-22-15(9-21-12)19(27)24-10-16-20(2,11-24)17(25)13-6-4-5-7-14(13)18(26)23(16)3/h4-9,16H,10-11H2,1-3H3/t16-,20+/m1/s1. The maximum Gasteiger partial charge on any atom is 0.274 e. The summed E-state index contributed by atoms with van der Waals surface area (Å²) in [5.74, 6) is -0.582. The van der Waals surface area contributed by atoms with Crippen molar-refractivity contribution in [2.75, 3.05) is 20.1 Å². The van der Waals surface area contributed by atoms with Gasteiger partial charge in [0.2, 0.25) is 0 Å². The number of ketones is 1. The zero-order valence-electron chi connectivity index (χ0n) is 15.5. The highest BCUT2D eigenvalue weighted by molar-refractivity contribution is 6.13. The second-order valence-electron chi connectivity index (χ2n) is 7.45. The zero-order chi connectivity index (χ0) is 19.3. The van der Waals surface area contributed by atoms with Gasteiger partial charge in [-0.2, -0.15) is 0 Å². The third-order valence-corrected chi connectivity index (χ3v) is 5.64. The molecule has 0 spiro atoms. The van der Waals surface area contributed by atoms with Crippen molar-refractivity contribution in [3.05, 3.63) is 59.2 Å². The second-order valence-corrected chi connectivity index (χ2v) is 7.45. The zero-order valence-corrected chi connectivity index (χ0v) is 15.5. The van der Waals surface area contributed by atoms with Crippen LogP contribution in [0.4, 0.5) is 0 Å². The van der Waals surface area contributed by atoms with Crippen molar-refractivity contribution in [1.29, 1.82) is 0 Å². The fraction of sp³-hybridized carbons (Fsp3) is 0.350. The summed E-state index contributed by atoms with van der Waals surface area (Å²) in [5.41, 5.74) is 0.932. The minimum atomic E-state index is -0.870. The molecule has 27 heavy (non-hydrogen) atoms. The molecule has 1 aromatic carbocycles. The normalized spacial score (nSPS) is 24.5. The number of benzene rings is 1. The molecule has 138 valence electrons. The first-order valence-electron chi connectivity index (χ1n) is 8.82. The molecule has 0 saturated carbocycles. The van der Waals surface area contributed by atoms with Crippen molar-refractivity contribution in [2.45, 2.75) is 19.9 Å². The van der Waals surface area contributed by atoms with Crippen molar-refractivity contribution in [2.24, 2.45) is 5.41 Å². The topological polar surface area (TPSA) is 83.5 Å². The summed E-state index contributed by atoms with van der Waals surface area (Å²) in [5, 5.41) is 0. The minimum Gasteiger partial charge on any atom is -0.336 e. The van der Waals surface area contributed by atoms with Gasteiger partial charge >= 0.3 is 0 Å². The first kappa shape index (κ1) is 17.3. The van der Waals surface area contributed by atoms with Gasteiger partial charge in [-0.15, -0.1) is 0 Å². The van der Waals surface area contributed by atoms with E-state index in [4.69, 9.17) is 0 Å². The summed E-state index contributed by atoms with van der Waals surface area (Å²) in [4.78, 5) is 50.6. The Balaban J connectivity index is 1.72. The summed E-state index contributed by atoms with van der Waals surface area (Å²) in [6.45, 7) is 4.15. The molecule has 2 aliphatic heterocycles. The summed E-state index contributed by atoms with van der Waals surface area (Å²) in [6, 6.07) is 6.49. The van der Waals surface area contributed by atoms with Crippen LogP contribution >= 0.6 is 0 Å². The number of hydrogen-bond donors (Lipinski definition) is 0. The van der Waals surface area contributed by atoms with Gasteiger partial charge in [0.05, 0.1) is 28.9 Å². The summed E-state index contributed by atoms with van der Waals surface area (Å²) in [6.07, 6.45) is 2.99. The fourth-order valence-electron chi connectivity index (χ4n) is 4.08. The van der Waals surface area contributed by atoms with Gasteiger partial charge in [-0.05, 0) is 19.9 Å². The van der Waals surface area contributed by atoms with Gasteiger partial charge in [-0.1, -0.05) is 18.2 Å². The van der Waals surface area contributed by atoms with Crippen LogP contribution in [0.3, 0.4) is 0 Å². The lowest BCUT2D eigenvalue weighted by molar-refractivity contribution is 0.0606. The lowest BCUT2D eigenvalue weighted by Gasteiger charge is -2.32. The van der Waals surface area contributed by atoms with Gasteiger partial charge in [0.15, 0.2) is 5.78 Å². The summed E-state index contributed by atoms with van der Waals surface area (Å²) in [7, 11) is 1.69. The summed E-state index contributed by atoms with van der Waals surface area (Å²) >= 11 is 0. The number of amides is 2. The first-order chi connectivity index (χ1) is 12.8. The van der Waals surface area contributed by atoms with Crippen LogP contribution in [0.1, 0.15) is 43.8 Å². The minimum absolute atomic E-state index is 0.105. The Hall–Kier alpha value is -3.09. The Morgan fingerprint density at radius 2 is 1.85 bits per heavy atom. The summed E-state index contributed by atoms with van der Waals surface area (Å²) < 4.78 is 0. The quantitative estimate of drug-likeness (QED) is 0.767. The highest BCUT2D eigenvalue weighted by Crippen LogP contribution is 2.40. The van der Waals surface area contributed by atoms with Crippen LogP contribution in [0.5, 0.6) is 0 Å². The lowest BCUT2D eigenvalue weighted by atomic mass is 9.78. The number of rotatable bonds is 1. The first-order valence-corrected chi connectivity index (χ1v) is 8.82. The number of fused-ring (bicyclic) bond motifs is 2. The third kappa shape index (κ3) is 2.53. The van der Waals surface area contributed by atoms with E-state index in [-0.39, 0.29) is 36.4 Å². The molecule has 1 fully saturated rings. The molecule has 0 bridgehead atoms. The Labute approximate surface area is 157 Å². The molecule has 2 aromatic rings. The van der Waals surface area contributed by atoms with E-state index in [1.165, 1.54) is 6.20 Å².